The van der Waals surface area contributed by atoms with Crippen LogP contribution in [0.2, 0.25) is 0 Å². The number of carbonyl (C=O) groups excluding carboxylic acids is 2. The van der Waals surface area contributed by atoms with Crippen molar-refractivity contribution < 1.29 is 19.8 Å². The molecule has 0 radical (unpaired) electrons. The van der Waals surface area contributed by atoms with Gasteiger partial charge in [-0.25, -0.2) is 0 Å². The van der Waals surface area contributed by atoms with Crippen LogP contribution in [0, 0.1) is 22.7 Å². The van der Waals surface area contributed by atoms with Gasteiger partial charge in [-0.2, -0.15) is 0 Å². The summed E-state index contributed by atoms with van der Waals surface area (Å²) in [4.78, 5) is 26.6. The number of hydrogen-bond acceptors (Lipinski definition) is 4. The van der Waals surface area contributed by atoms with Crippen molar-refractivity contribution in [2.24, 2.45) is 22.7 Å². The molecule has 176 valence electrons. The van der Waals surface area contributed by atoms with Crippen molar-refractivity contribution in [1.82, 2.24) is 0 Å². The Morgan fingerprint density at radius 2 is 1.00 bits per heavy atom. The molecule has 0 saturated carbocycles. The number of ketones is 2. The molecule has 2 aliphatic rings. The first kappa shape index (κ1) is 26.2. The first-order valence-corrected chi connectivity index (χ1v) is 11.7. The van der Waals surface area contributed by atoms with Crippen LogP contribution in [0.1, 0.15) is 68.2 Å². The average Bonchev–Trinajstić information content (AvgIpc) is 2.70. The lowest BCUT2D eigenvalue weighted by molar-refractivity contribution is -0.114. The van der Waals surface area contributed by atoms with Crippen LogP contribution >= 0.6 is 0 Å². The first-order chi connectivity index (χ1) is 14.8. The Hall–Kier alpha value is -2.04. The second-order valence-corrected chi connectivity index (χ2v) is 11.0. The zero-order chi connectivity index (χ0) is 24.4. The summed E-state index contributed by atoms with van der Waals surface area (Å²) >= 11 is 0. The maximum atomic E-state index is 13.3. The van der Waals surface area contributed by atoms with Crippen molar-refractivity contribution in [3.8, 4) is 0 Å². The maximum Gasteiger partial charge on any atom is 0.186 e. The monoisotopic (exact) mass is 440 g/mol. The van der Waals surface area contributed by atoms with Gasteiger partial charge in [-0.05, 0) is 59.1 Å². The summed E-state index contributed by atoms with van der Waals surface area (Å²) in [6, 6.07) is 0. The second kappa shape index (κ2) is 9.84. The molecule has 2 aliphatic carbocycles. The van der Waals surface area contributed by atoms with Gasteiger partial charge in [-0.1, -0.05) is 55.4 Å². The van der Waals surface area contributed by atoms with Gasteiger partial charge in [0.1, 0.15) is 0 Å². The van der Waals surface area contributed by atoms with E-state index in [0.717, 1.165) is 22.3 Å². The van der Waals surface area contributed by atoms with Crippen molar-refractivity contribution in [2.75, 3.05) is 13.2 Å². The van der Waals surface area contributed by atoms with Crippen LogP contribution in [0.3, 0.4) is 0 Å². The molecule has 2 atom stereocenters. The highest BCUT2D eigenvalue weighted by molar-refractivity contribution is 6.13. The second-order valence-electron chi connectivity index (χ2n) is 11.0. The van der Waals surface area contributed by atoms with Crippen LogP contribution in [0.25, 0.3) is 0 Å². The fraction of sp³-hybridized carbons (Fsp3) is 0.571. The molecule has 4 nitrogen and oxygen atoms in total. The summed E-state index contributed by atoms with van der Waals surface area (Å²) in [7, 11) is 0. The number of carbonyl (C=O) groups is 2. The number of rotatable bonds is 6. The Morgan fingerprint density at radius 1 is 0.656 bits per heavy atom. The largest absolute Gasteiger partial charge is 0.396 e. The van der Waals surface area contributed by atoms with Crippen LogP contribution < -0.4 is 0 Å². The SMILES string of the molecule is CCC(CO)C1=CC(=C2C=C(C(C)(C)C)C(=O)C(C(C)(C)C)=C2)C=C(C(CC)CO)C1=O. The molecule has 2 N–H and O–H groups in total. The molecule has 0 saturated heterocycles. The van der Waals surface area contributed by atoms with Crippen LogP contribution in [0.4, 0.5) is 0 Å². The molecule has 0 fully saturated rings. The predicted octanol–water partition coefficient (Wildman–Crippen LogP) is 5.28. The Bertz CT molecular complexity index is 845. The molecule has 0 heterocycles. The molecule has 32 heavy (non-hydrogen) atoms. The lowest BCUT2D eigenvalue weighted by atomic mass is 9.71. The number of aliphatic hydroxyl groups excluding tert-OH is 2. The third-order valence-corrected chi connectivity index (χ3v) is 6.49. The zero-order valence-corrected chi connectivity index (χ0v) is 21.0. The van der Waals surface area contributed by atoms with Gasteiger partial charge in [0.2, 0.25) is 0 Å². The summed E-state index contributed by atoms with van der Waals surface area (Å²) in [5.41, 5.74) is 3.74. The summed E-state index contributed by atoms with van der Waals surface area (Å²) in [5.74, 6) is -0.554. The van der Waals surface area contributed by atoms with Gasteiger partial charge in [0, 0.05) is 34.1 Å². The van der Waals surface area contributed by atoms with Crippen molar-refractivity contribution >= 4 is 11.6 Å². The van der Waals surface area contributed by atoms with E-state index in [2.05, 4.69) is 0 Å². The fourth-order valence-corrected chi connectivity index (χ4v) is 4.25. The normalized spacial score (nSPS) is 19.9. The molecule has 0 aromatic heterocycles. The van der Waals surface area contributed by atoms with E-state index in [1.54, 1.807) is 0 Å². The summed E-state index contributed by atoms with van der Waals surface area (Å²) in [6.45, 7) is 15.9. The number of Topliss-reactive ketones (excluding diaryl/α,β-unsaturated/α-hetero) is 2. The van der Waals surface area contributed by atoms with Crippen molar-refractivity contribution in [3.05, 3.63) is 57.7 Å². The van der Waals surface area contributed by atoms with Gasteiger partial charge >= 0.3 is 0 Å². The van der Waals surface area contributed by atoms with Crippen LogP contribution in [0.5, 0.6) is 0 Å². The van der Waals surface area contributed by atoms with E-state index in [4.69, 9.17) is 0 Å². The highest BCUT2D eigenvalue weighted by Gasteiger charge is 2.35. The van der Waals surface area contributed by atoms with Gasteiger partial charge in [0.05, 0.1) is 13.2 Å². The third-order valence-electron chi connectivity index (χ3n) is 6.49. The predicted molar refractivity (Wildman–Crippen MR) is 130 cm³/mol. The van der Waals surface area contributed by atoms with Gasteiger partial charge in [0.25, 0.3) is 0 Å². The van der Waals surface area contributed by atoms with E-state index >= 15 is 0 Å². The lowest BCUT2D eigenvalue weighted by Gasteiger charge is -2.32. The van der Waals surface area contributed by atoms with Gasteiger partial charge in [-0.15, -0.1) is 0 Å². The molecule has 0 aromatic rings. The van der Waals surface area contributed by atoms with E-state index in [9.17, 15) is 19.8 Å². The summed E-state index contributed by atoms with van der Waals surface area (Å²) in [5, 5.41) is 19.8. The quantitative estimate of drug-likeness (QED) is 0.589. The molecule has 0 bridgehead atoms. The molecule has 2 rings (SSSR count). The molecule has 0 aromatic carbocycles. The smallest absolute Gasteiger partial charge is 0.186 e. The average molecular weight is 441 g/mol. The Kier molecular flexibility index (Phi) is 8.06. The van der Waals surface area contributed by atoms with Crippen LogP contribution in [0.15, 0.2) is 57.7 Å². The fourth-order valence-electron chi connectivity index (χ4n) is 4.25. The number of allylic oxidation sites excluding steroid dienone is 8. The Balaban J connectivity index is 2.88. The minimum atomic E-state index is -0.328. The Labute approximate surface area is 193 Å². The molecular formula is C28H40O4. The van der Waals surface area contributed by atoms with Crippen LogP contribution in [-0.2, 0) is 9.59 Å². The zero-order valence-electron chi connectivity index (χ0n) is 21.0. The highest BCUT2D eigenvalue weighted by atomic mass is 16.3. The van der Waals surface area contributed by atoms with E-state index < -0.39 is 0 Å². The lowest BCUT2D eigenvalue weighted by Crippen LogP contribution is -2.28. The molecule has 0 amide bonds. The molecular weight excluding hydrogens is 400 g/mol. The topological polar surface area (TPSA) is 74.6 Å². The maximum absolute atomic E-state index is 13.3. The van der Waals surface area contributed by atoms with E-state index in [1.165, 1.54) is 0 Å². The van der Waals surface area contributed by atoms with Crippen molar-refractivity contribution in [1.29, 1.82) is 0 Å². The standard InChI is InChI=1S/C28H40O4/c1-9-17(15-29)21-11-19(12-22(25(21)31)18(10-2)16-30)20-13-23(27(3,4)5)26(32)24(14-20)28(6,7)8/h11-14,17-18,29-30H,9-10,15-16H2,1-8H3. The molecule has 0 aliphatic heterocycles. The van der Waals surface area contributed by atoms with Crippen molar-refractivity contribution in [2.45, 2.75) is 68.2 Å². The van der Waals surface area contributed by atoms with E-state index in [1.807, 2.05) is 79.7 Å². The molecule has 0 spiro atoms. The van der Waals surface area contributed by atoms with Gasteiger partial charge in [0.15, 0.2) is 11.6 Å². The van der Waals surface area contributed by atoms with Crippen molar-refractivity contribution in [3.63, 3.8) is 0 Å². The highest BCUT2D eigenvalue weighted by Crippen LogP contribution is 2.41. The molecule has 2 unspecified atom stereocenters. The van der Waals surface area contributed by atoms with E-state index in [-0.39, 0.29) is 47.4 Å². The number of hydrogen-bond donors (Lipinski definition) is 2. The Morgan fingerprint density at radius 3 is 1.28 bits per heavy atom. The first-order valence-electron chi connectivity index (χ1n) is 11.7. The van der Waals surface area contributed by atoms with E-state index in [0.29, 0.717) is 24.0 Å². The summed E-state index contributed by atoms with van der Waals surface area (Å²) < 4.78 is 0. The minimum absolute atomic E-state index is 0.0678. The molecule has 4 heteroatoms. The summed E-state index contributed by atoms with van der Waals surface area (Å²) in [6.07, 6.45) is 8.93. The van der Waals surface area contributed by atoms with Gasteiger partial charge in [-0.3, -0.25) is 9.59 Å². The van der Waals surface area contributed by atoms with Gasteiger partial charge < -0.3 is 10.2 Å². The number of aliphatic hydroxyl groups is 2. The third kappa shape index (κ3) is 5.29. The minimum Gasteiger partial charge on any atom is -0.396 e. The van der Waals surface area contributed by atoms with Crippen LogP contribution in [-0.4, -0.2) is 35.0 Å².